The summed E-state index contributed by atoms with van der Waals surface area (Å²) >= 11 is 1.19. The Labute approximate surface area is 155 Å². The molecule has 0 unspecified atom stereocenters. The molecule has 7 nitrogen and oxygen atoms in total. The lowest BCUT2D eigenvalue weighted by molar-refractivity contribution is -0.117. The number of carbonyl (C=O) groups is 2. The van der Waals surface area contributed by atoms with Crippen LogP contribution >= 0.6 is 11.8 Å². The molecule has 0 bridgehead atoms. The highest BCUT2D eigenvalue weighted by molar-refractivity contribution is 7.99. The van der Waals surface area contributed by atoms with Gasteiger partial charge in [-0.2, -0.15) is 0 Å². The maximum atomic E-state index is 13.0. The summed E-state index contributed by atoms with van der Waals surface area (Å²) in [7, 11) is 0. The summed E-state index contributed by atoms with van der Waals surface area (Å²) in [6.45, 7) is 2.22. The summed E-state index contributed by atoms with van der Waals surface area (Å²) < 4.78 is 1.74. The number of thioether (sulfide) groups is 1. The lowest BCUT2D eigenvalue weighted by Crippen LogP contribution is -2.40. The smallest absolute Gasteiger partial charge is 0.321 e. The fourth-order valence-electron chi connectivity index (χ4n) is 3.21. The lowest BCUT2D eigenvalue weighted by atomic mass is 10.2. The first-order chi connectivity index (χ1) is 12.6. The van der Waals surface area contributed by atoms with E-state index in [1.54, 1.807) is 23.6 Å². The number of para-hydroxylation sites is 1. The van der Waals surface area contributed by atoms with Crippen LogP contribution in [-0.2, 0) is 4.79 Å². The Kier molecular flexibility index (Phi) is 5.92. The van der Waals surface area contributed by atoms with Crippen LogP contribution in [0, 0.1) is 0 Å². The quantitative estimate of drug-likeness (QED) is 0.619. The SMILES string of the molecule is CCNC(=O)NC(=O)CSc1nc2ccccc2c(=O)n1C1CCCC1. The topological polar surface area (TPSA) is 93.1 Å². The molecule has 8 heteroatoms. The third kappa shape index (κ3) is 4.07. The number of hydrogen-bond acceptors (Lipinski definition) is 5. The molecule has 2 aromatic rings. The summed E-state index contributed by atoms with van der Waals surface area (Å²) in [5.74, 6) is -0.393. The van der Waals surface area contributed by atoms with Crippen LogP contribution in [0.2, 0.25) is 0 Å². The number of rotatable bonds is 5. The zero-order valence-corrected chi connectivity index (χ0v) is 15.5. The first-order valence-corrected chi connectivity index (χ1v) is 9.80. The van der Waals surface area contributed by atoms with Crippen molar-refractivity contribution >= 4 is 34.6 Å². The molecular formula is C18H22N4O3S. The van der Waals surface area contributed by atoms with Crippen LogP contribution in [-0.4, -0.2) is 33.8 Å². The maximum absolute atomic E-state index is 13.0. The van der Waals surface area contributed by atoms with Crippen molar-refractivity contribution in [3.63, 3.8) is 0 Å². The van der Waals surface area contributed by atoms with E-state index < -0.39 is 11.9 Å². The molecule has 1 aromatic carbocycles. The van der Waals surface area contributed by atoms with Gasteiger partial charge in [-0.25, -0.2) is 9.78 Å². The van der Waals surface area contributed by atoms with Gasteiger partial charge >= 0.3 is 6.03 Å². The van der Waals surface area contributed by atoms with E-state index in [9.17, 15) is 14.4 Å². The predicted molar refractivity (Wildman–Crippen MR) is 101 cm³/mol. The Morgan fingerprint density at radius 3 is 2.73 bits per heavy atom. The van der Waals surface area contributed by atoms with Crippen LogP contribution in [0.5, 0.6) is 0 Å². The first-order valence-electron chi connectivity index (χ1n) is 8.82. The number of aromatic nitrogens is 2. The van der Waals surface area contributed by atoms with Crippen LogP contribution in [0.1, 0.15) is 38.6 Å². The molecule has 1 saturated carbocycles. The van der Waals surface area contributed by atoms with Crippen molar-refractivity contribution in [2.45, 2.75) is 43.8 Å². The maximum Gasteiger partial charge on any atom is 0.321 e. The van der Waals surface area contributed by atoms with Gasteiger partial charge in [-0.05, 0) is 31.9 Å². The van der Waals surface area contributed by atoms with Crippen molar-refractivity contribution < 1.29 is 9.59 Å². The van der Waals surface area contributed by atoms with Gasteiger partial charge < -0.3 is 5.32 Å². The summed E-state index contributed by atoms with van der Waals surface area (Å²) in [4.78, 5) is 41.0. The fraction of sp³-hybridized carbons (Fsp3) is 0.444. The molecule has 2 N–H and O–H groups in total. The highest BCUT2D eigenvalue weighted by atomic mass is 32.2. The molecule has 0 aliphatic heterocycles. The molecule has 1 aromatic heterocycles. The van der Waals surface area contributed by atoms with Gasteiger partial charge in [-0.1, -0.05) is 36.7 Å². The van der Waals surface area contributed by atoms with E-state index in [0.717, 1.165) is 25.7 Å². The predicted octanol–water partition coefficient (Wildman–Crippen LogP) is 2.45. The summed E-state index contributed by atoms with van der Waals surface area (Å²) in [5.41, 5.74) is 0.563. The molecule has 138 valence electrons. The monoisotopic (exact) mass is 374 g/mol. The third-order valence-electron chi connectivity index (χ3n) is 4.39. The van der Waals surface area contributed by atoms with Crippen molar-refractivity contribution in [2.24, 2.45) is 0 Å². The average Bonchev–Trinajstić information content (AvgIpc) is 3.14. The highest BCUT2D eigenvalue weighted by Gasteiger charge is 2.23. The van der Waals surface area contributed by atoms with Crippen LogP contribution in [0.3, 0.4) is 0 Å². The molecule has 26 heavy (non-hydrogen) atoms. The lowest BCUT2D eigenvalue weighted by Gasteiger charge is -2.18. The summed E-state index contributed by atoms with van der Waals surface area (Å²) in [6.07, 6.45) is 4.06. The standard InChI is InChI=1S/C18H22N4O3S/c1-2-19-17(25)21-15(23)11-26-18-20-14-10-6-5-9-13(14)16(24)22(18)12-7-3-4-8-12/h5-6,9-10,12H,2-4,7-8,11H2,1H3,(H2,19,21,23,25). The Morgan fingerprint density at radius 1 is 1.27 bits per heavy atom. The Balaban J connectivity index is 1.86. The molecule has 1 heterocycles. The minimum absolute atomic E-state index is 0.0225. The Hall–Kier alpha value is -2.35. The zero-order valence-electron chi connectivity index (χ0n) is 14.7. The number of carbonyl (C=O) groups excluding carboxylic acids is 2. The van der Waals surface area contributed by atoms with Gasteiger partial charge in [0.1, 0.15) is 0 Å². The number of benzene rings is 1. The molecule has 0 spiro atoms. The number of imide groups is 1. The normalized spacial score (nSPS) is 14.5. The van der Waals surface area contributed by atoms with E-state index in [2.05, 4.69) is 15.6 Å². The second kappa shape index (κ2) is 8.35. The van der Waals surface area contributed by atoms with Crippen molar-refractivity contribution in [3.05, 3.63) is 34.6 Å². The summed E-state index contributed by atoms with van der Waals surface area (Å²) in [5, 5.41) is 5.91. The van der Waals surface area contributed by atoms with Crippen LogP contribution in [0.4, 0.5) is 4.79 Å². The van der Waals surface area contributed by atoms with Crippen molar-refractivity contribution in [1.29, 1.82) is 0 Å². The van der Waals surface area contributed by atoms with Crippen molar-refractivity contribution in [3.8, 4) is 0 Å². The van der Waals surface area contributed by atoms with Gasteiger partial charge in [0.05, 0.1) is 16.7 Å². The van der Waals surface area contributed by atoms with E-state index >= 15 is 0 Å². The van der Waals surface area contributed by atoms with Crippen LogP contribution in [0.15, 0.2) is 34.2 Å². The van der Waals surface area contributed by atoms with E-state index in [4.69, 9.17) is 0 Å². The number of hydrogen-bond donors (Lipinski definition) is 2. The van der Waals surface area contributed by atoms with Gasteiger partial charge in [0.15, 0.2) is 5.16 Å². The second-order valence-electron chi connectivity index (χ2n) is 6.22. The minimum atomic E-state index is -0.516. The molecule has 1 aliphatic rings. The number of urea groups is 1. The van der Waals surface area contributed by atoms with Crippen LogP contribution in [0.25, 0.3) is 10.9 Å². The van der Waals surface area contributed by atoms with Gasteiger partial charge in [0.25, 0.3) is 5.56 Å². The van der Waals surface area contributed by atoms with E-state index in [1.165, 1.54) is 11.8 Å². The minimum Gasteiger partial charge on any atom is -0.338 e. The molecule has 1 fully saturated rings. The molecule has 0 atom stereocenters. The Morgan fingerprint density at radius 2 is 2.00 bits per heavy atom. The molecule has 3 rings (SSSR count). The number of nitrogens with zero attached hydrogens (tertiary/aromatic N) is 2. The molecule has 0 radical (unpaired) electrons. The fourth-order valence-corrected chi connectivity index (χ4v) is 4.08. The molecule has 0 saturated heterocycles. The van der Waals surface area contributed by atoms with Gasteiger partial charge in [0, 0.05) is 12.6 Å². The largest absolute Gasteiger partial charge is 0.338 e. The van der Waals surface area contributed by atoms with E-state index in [1.807, 2.05) is 12.1 Å². The zero-order chi connectivity index (χ0) is 18.5. The number of fused-ring (bicyclic) bond motifs is 1. The highest BCUT2D eigenvalue weighted by Crippen LogP contribution is 2.32. The molecule has 1 aliphatic carbocycles. The Bertz CT molecular complexity index is 874. The van der Waals surface area contributed by atoms with E-state index in [-0.39, 0.29) is 17.4 Å². The van der Waals surface area contributed by atoms with Gasteiger partial charge in [-0.3, -0.25) is 19.5 Å². The number of nitrogens with one attached hydrogen (secondary N) is 2. The van der Waals surface area contributed by atoms with Crippen molar-refractivity contribution in [2.75, 3.05) is 12.3 Å². The summed E-state index contributed by atoms with van der Waals surface area (Å²) in [6, 6.07) is 6.86. The van der Waals surface area contributed by atoms with Gasteiger partial charge in [-0.15, -0.1) is 0 Å². The van der Waals surface area contributed by atoms with Crippen LogP contribution < -0.4 is 16.2 Å². The second-order valence-corrected chi connectivity index (χ2v) is 7.16. The van der Waals surface area contributed by atoms with Crippen molar-refractivity contribution in [1.82, 2.24) is 20.2 Å². The third-order valence-corrected chi connectivity index (χ3v) is 5.34. The molecule has 3 amide bonds. The van der Waals surface area contributed by atoms with Gasteiger partial charge in [0.2, 0.25) is 5.91 Å². The first kappa shape index (κ1) is 18.4. The molecular weight excluding hydrogens is 352 g/mol. The average molecular weight is 374 g/mol. The van der Waals surface area contributed by atoms with E-state index in [0.29, 0.717) is 22.6 Å². The number of amides is 3.